The molecule has 0 spiro atoms. The van der Waals surface area contributed by atoms with Gasteiger partial charge in [0.05, 0.1) is 0 Å². The lowest BCUT2D eigenvalue weighted by atomic mass is 9.92. The Hall–Kier alpha value is -1.06. The van der Waals surface area contributed by atoms with Crippen LogP contribution in [0.3, 0.4) is 0 Å². The monoisotopic (exact) mass is 213 g/mol. The normalized spacial score (nSPS) is 27.4. The maximum Gasteiger partial charge on any atom is 0.415 e. The Bertz CT molecular complexity index is 265. The first kappa shape index (κ1) is 12.0. The summed E-state index contributed by atoms with van der Waals surface area (Å²) >= 11 is 0. The molecule has 4 heteroatoms. The van der Waals surface area contributed by atoms with Crippen molar-refractivity contribution in [3.05, 3.63) is 0 Å². The fraction of sp³-hybridized carbons (Fsp3) is 0.818. The van der Waals surface area contributed by atoms with Crippen LogP contribution in [-0.2, 0) is 9.53 Å². The smallest absolute Gasteiger partial charge is 0.415 e. The molecular weight excluding hydrogens is 194 g/mol. The summed E-state index contributed by atoms with van der Waals surface area (Å²) in [6, 6.07) is 0. The van der Waals surface area contributed by atoms with Gasteiger partial charge in [-0.25, -0.2) is 4.79 Å². The highest BCUT2D eigenvalue weighted by molar-refractivity contribution is 6.02. The van der Waals surface area contributed by atoms with E-state index >= 15 is 0 Å². The molecule has 15 heavy (non-hydrogen) atoms. The summed E-state index contributed by atoms with van der Waals surface area (Å²) in [5, 5.41) is 2.16. The molecule has 0 radical (unpaired) electrons. The topological polar surface area (TPSA) is 55.4 Å². The fourth-order valence-corrected chi connectivity index (χ4v) is 1.82. The predicted octanol–water partition coefficient (Wildman–Crippen LogP) is 2.23. The van der Waals surface area contributed by atoms with E-state index in [1.807, 2.05) is 0 Å². The average Bonchev–Trinajstić information content (AvgIpc) is 2.39. The quantitative estimate of drug-likeness (QED) is 0.761. The minimum absolute atomic E-state index is 0.309. The van der Waals surface area contributed by atoms with Crippen molar-refractivity contribution < 1.29 is 14.3 Å². The largest absolute Gasteiger partial charge is 0.433 e. The molecule has 1 aliphatic rings. The maximum absolute atomic E-state index is 11.4. The van der Waals surface area contributed by atoms with Crippen molar-refractivity contribution >= 4 is 12.0 Å². The summed E-state index contributed by atoms with van der Waals surface area (Å²) in [4.78, 5) is 22.3. The maximum atomic E-state index is 11.4. The first-order valence-electron chi connectivity index (χ1n) is 5.52. The minimum Gasteiger partial charge on any atom is -0.433 e. The van der Waals surface area contributed by atoms with Crippen LogP contribution in [0.5, 0.6) is 0 Å². The first-order valence-corrected chi connectivity index (χ1v) is 5.52. The van der Waals surface area contributed by atoms with Crippen LogP contribution in [0, 0.1) is 5.92 Å². The molecule has 2 amide bonds. The van der Waals surface area contributed by atoms with Gasteiger partial charge in [-0.1, -0.05) is 26.7 Å². The van der Waals surface area contributed by atoms with Crippen LogP contribution in [0.1, 0.15) is 46.5 Å². The molecule has 1 fully saturated rings. The SMILES string of the molecule is CCCC(C)CCC1(C)OC(=O)NC1=O. The Balaban J connectivity index is 2.43. The van der Waals surface area contributed by atoms with Crippen LogP contribution < -0.4 is 5.32 Å². The summed E-state index contributed by atoms with van der Waals surface area (Å²) in [6.45, 7) is 5.97. The van der Waals surface area contributed by atoms with Gasteiger partial charge in [0.15, 0.2) is 5.60 Å². The van der Waals surface area contributed by atoms with Crippen LogP contribution in [0.15, 0.2) is 0 Å². The molecule has 1 heterocycles. The van der Waals surface area contributed by atoms with Crippen LogP contribution in [0.2, 0.25) is 0 Å². The molecule has 1 rings (SSSR count). The first-order chi connectivity index (χ1) is 6.98. The minimum atomic E-state index is -0.945. The highest BCUT2D eigenvalue weighted by atomic mass is 16.6. The molecule has 0 aromatic carbocycles. The van der Waals surface area contributed by atoms with E-state index in [9.17, 15) is 9.59 Å². The summed E-state index contributed by atoms with van der Waals surface area (Å²) in [5.74, 6) is 0.259. The molecule has 4 nitrogen and oxygen atoms in total. The molecule has 0 bridgehead atoms. The van der Waals surface area contributed by atoms with Crippen LogP contribution in [0.25, 0.3) is 0 Å². The zero-order chi connectivity index (χ0) is 11.5. The molecule has 1 saturated heterocycles. The molecule has 0 aliphatic carbocycles. The molecule has 0 saturated carbocycles. The Morgan fingerprint density at radius 1 is 1.40 bits per heavy atom. The molecule has 86 valence electrons. The van der Waals surface area contributed by atoms with Gasteiger partial charge in [-0.05, 0) is 25.7 Å². The lowest BCUT2D eigenvalue weighted by Gasteiger charge is -2.20. The van der Waals surface area contributed by atoms with E-state index in [4.69, 9.17) is 4.74 Å². The Morgan fingerprint density at radius 2 is 2.07 bits per heavy atom. The third-order valence-corrected chi connectivity index (χ3v) is 2.91. The van der Waals surface area contributed by atoms with E-state index in [0.717, 1.165) is 19.3 Å². The zero-order valence-electron chi connectivity index (χ0n) is 9.63. The van der Waals surface area contributed by atoms with Crippen molar-refractivity contribution in [1.82, 2.24) is 5.32 Å². The molecule has 2 atom stereocenters. The zero-order valence-corrected chi connectivity index (χ0v) is 9.63. The van der Waals surface area contributed by atoms with Gasteiger partial charge in [-0.15, -0.1) is 0 Å². The second-order valence-electron chi connectivity index (χ2n) is 4.51. The van der Waals surface area contributed by atoms with Crippen molar-refractivity contribution in [3.63, 3.8) is 0 Å². The van der Waals surface area contributed by atoms with Gasteiger partial charge in [-0.3, -0.25) is 10.1 Å². The Labute approximate surface area is 90.4 Å². The number of rotatable bonds is 5. The van der Waals surface area contributed by atoms with Crippen molar-refractivity contribution in [2.45, 2.75) is 52.1 Å². The molecule has 0 aromatic heterocycles. The van der Waals surface area contributed by atoms with Gasteiger partial charge in [0, 0.05) is 0 Å². The Kier molecular flexibility index (Phi) is 3.72. The van der Waals surface area contributed by atoms with Crippen molar-refractivity contribution in [2.75, 3.05) is 0 Å². The van der Waals surface area contributed by atoms with Gasteiger partial charge < -0.3 is 4.74 Å². The van der Waals surface area contributed by atoms with Gasteiger partial charge in [0.25, 0.3) is 5.91 Å². The number of carbonyl (C=O) groups is 2. The van der Waals surface area contributed by atoms with Gasteiger partial charge in [-0.2, -0.15) is 0 Å². The lowest BCUT2D eigenvalue weighted by molar-refractivity contribution is -0.130. The number of carbonyl (C=O) groups excluding carboxylic acids is 2. The van der Waals surface area contributed by atoms with Crippen LogP contribution >= 0.6 is 0 Å². The van der Waals surface area contributed by atoms with Gasteiger partial charge in [0.2, 0.25) is 0 Å². The van der Waals surface area contributed by atoms with Crippen LogP contribution in [0.4, 0.5) is 4.79 Å². The summed E-state index contributed by atoms with van der Waals surface area (Å²) in [6.07, 6.45) is 3.18. The van der Waals surface area contributed by atoms with Crippen molar-refractivity contribution in [2.24, 2.45) is 5.92 Å². The predicted molar refractivity (Wildman–Crippen MR) is 56.3 cm³/mol. The van der Waals surface area contributed by atoms with E-state index in [1.54, 1.807) is 6.92 Å². The second kappa shape index (κ2) is 4.64. The third-order valence-electron chi connectivity index (χ3n) is 2.91. The van der Waals surface area contributed by atoms with Crippen LogP contribution in [-0.4, -0.2) is 17.6 Å². The van der Waals surface area contributed by atoms with E-state index in [1.165, 1.54) is 0 Å². The third kappa shape index (κ3) is 2.94. The lowest BCUT2D eigenvalue weighted by Crippen LogP contribution is -2.36. The molecule has 1 aliphatic heterocycles. The summed E-state index contributed by atoms with van der Waals surface area (Å²) in [7, 11) is 0. The highest BCUT2D eigenvalue weighted by Crippen LogP contribution is 2.26. The van der Waals surface area contributed by atoms with E-state index in [0.29, 0.717) is 12.3 Å². The van der Waals surface area contributed by atoms with E-state index in [2.05, 4.69) is 19.2 Å². The number of cyclic esters (lactones) is 1. The number of alkyl carbamates (subject to hydrolysis) is 1. The fourth-order valence-electron chi connectivity index (χ4n) is 1.82. The molecule has 1 N–H and O–H groups in total. The number of hydrogen-bond donors (Lipinski definition) is 1. The summed E-state index contributed by atoms with van der Waals surface area (Å²) in [5.41, 5.74) is -0.945. The highest BCUT2D eigenvalue weighted by Gasteiger charge is 2.44. The molecule has 2 unspecified atom stereocenters. The number of amides is 2. The number of ether oxygens (including phenoxy) is 1. The number of hydrogen-bond acceptors (Lipinski definition) is 3. The van der Waals surface area contributed by atoms with Crippen molar-refractivity contribution in [3.8, 4) is 0 Å². The van der Waals surface area contributed by atoms with E-state index in [-0.39, 0.29) is 5.91 Å². The average molecular weight is 213 g/mol. The standard InChI is InChI=1S/C11H19NO3/c1-4-5-8(2)6-7-11(3)9(13)12-10(14)15-11/h8H,4-7H2,1-3H3,(H,12,13,14). The number of imide groups is 1. The van der Waals surface area contributed by atoms with E-state index < -0.39 is 11.7 Å². The molecule has 0 aromatic rings. The van der Waals surface area contributed by atoms with Gasteiger partial charge in [0.1, 0.15) is 0 Å². The van der Waals surface area contributed by atoms with Gasteiger partial charge >= 0.3 is 6.09 Å². The number of nitrogens with one attached hydrogen (secondary N) is 1. The Morgan fingerprint density at radius 3 is 2.53 bits per heavy atom. The summed E-state index contributed by atoms with van der Waals surface area (Å²) < 4.78 is 4.99. The second-order valence-corrected chi connectivity index (χ2v) is 4.51. The van der Waals surface area contributed by atoms with Crippen molar-refractivity contribution in [1.29, 1.82) is 0 Å². The molecular formula is C11H19NO3.